The van der Waals surface area contributed by atoms with Crippen molar-refractivity contribution in [1.82, 2.24) is 15.7 Å². The first-order chi connectivity index (χ1) is 13.2. The topological polar surface area (TPSA) is 125 Å². The molecule has 0 heterocycles. The highest BCUT2D eigenvalue weighted by Crippen LogP contribution is 2.30. The zero-order valence-electron chi connectivity index (χ0n) is 15.9. The summed E-state index contributed by atoms with van der Waals surface area (Å²) in [6.07, 6.45) is 1.77. The third-order valence-corrected chi connectivity index (χ3v) is 4.69. The first-order valence-electron chi connectivity index (χ1n) is 8.55. The van der Waals surface area contributed by atoms with Crippen LogP contribution in [0, 0.1) is 23.7 Å². The molecule has 0 spiro atoms. The van der Waals surface area contributed by atoms with Gasteiger partial charge in [-0.1, -0.05) is 11.8 Å². The number of benzene rings is 1. The summed E-state index contributed by atoms with van der Waals surface area (Å²) >= 11 is 0. The lowest BCUT2D eigenvalue weighted by atomic mass is 9.96. The van der Waals surface area contributed by atoms with Crippen LogP contribution in [-0.2, 0) is 9.59 Å². The Bertz CT molecular complexity index is 895. The van der Waals surface area contributed by atoms with Gasteiger partial charge in [-0.15, -0.1) is 0 Å². The van der Waals surface area contributed by atoms with Gasteiger partial charge in [0.1, 0.15) is 0 Å². The molecule has 0 aromatic heterocycles. The van der Waals surface area contributed by atoms with Crippen LogP contribution < -0.4 is 16.5 Å². The zero-order valence-corrected chi connectivity index (χ0v) is 15.9. The first kappa shape index (κ1) is 21.0. The normalized spacial score (nSPS) is 15.5. The Morgan fingerprint density at radius 3 is 2.29 bits per heavy atom. The average Bonchev–Trinajstić information content (AvgIpc) is 3.45. The minimum atomic E-state index is -1.93. The van der Waals surface area contributed by atoms with Gasteiger partial charge in [-0.3, -0.25) is 19.6 Å². The highest BCUT2D eigenvalue weighted by Gasteiger charge is 2.47. The van der Waals surface area contributed by atoms with Gasteiger partial charge in [0.15, 0.2) is 5.54 Å². The molecule has 5 N–H and O–H groups in total. The number of hydroxylamine groups is 1. The predicted molar refractivity (Wildman–Crippen MR) is 102 cm³/mol. The third kappa shape index (κ3) is 4.32. The van der Waals surface area contributed by atoms with E-state index in [0.29, 0.717) is 5.56 Å². The van der Waals surface area contributed by atoms with E-state index in [9.17, 15) is 14.4 Å². The van der Waals surface area contributed by atoms with E-state index in [-0.39, 0.29) is 11.1 Å². The second-order valence-corrected chi connectivity index (χ2v) is 6.69. The van der Waals surface area contributed by atoms with E-state index in [1.807, 2.05) is 0 Å². The van der Waals surface area contributed by atoms with Gasteiger partial charge in [0.25, 0.3) is 17.7 Å². The van der Waals surface area contributed by atoms with Crippen LogP contribution in [0.25, 0.3) is 0 Å². The summed E-state index contributed by atoms with van der Waals surface area (Å²) in [6, 6.07) is 6.33. The standard InChI is InChI=1S/C20H22N4O4/c1-19(17(26)22-2,18(27)23-28)24(3)16(25)15-9-7-14(8-10-15)6-4-5-11-20(21)12-13-20/h7-10,28H,12-13,21H2,1-3H3,(H,22,26)(H,23,27). The van der Waals surface area contributed by atoms with E-state index in [4.69, 9.17) is 10.9 Å². The number of rotatable bonds is 4. The highest BCUT2D eigenvalue weighted by molar-refractivity contribution is 6.12. The van der Waals surface area contributed by atoms with E-state index < -0.39 is 23.3 Å². The molecule has 0 radical (unpaired) electrons. The molecule has 3 amide bonds. The first-order valence-corrected chi connectivity index (χ1v) is 8.55. The van der Waals surface area contributed by atoms with E-state index in [2.05, 4.69) is 29.0 Å². The highest BCUT2D eigenvalue weighted by atomic mass is 16.5. The second kappa shape index (κ2) is 8.13. The van der Waals surface area contributed by atoms with Crippen molar-refractivity contribution in [2.75, 3.05) is 14.1 Å². The molecule has 146 valence electrons. The molecule has 1 aliphatic carbocycles. The molecule has 1 fully saturated rings. The molecule has 0 saturated heterocycles. The van der Waals surface area contributed by atoms with Crippen LogP contribution in [0.4, 0.5) is 0 Å². The lowest BCUT2D eigenvalue weighted by Crippen LogP contribution is -2.64. The Morgan fingerprint density at radius 2 is 1.79 bits per heavy atom. The maximum atomic E-state index is 12.7. The quantitative estimate of drug-likeness (QED) is 0.244. The smallest absolute Gasteiger partial charge is 0.278 e. The second-order valence-electron chi connectivity index (χ2n) is 6.69. The summed E-state index contributed by atoms with van der Waals surface area (Å²) in [4.78, 5) is 37.9. The number of carbonyl (C=O) groups is 3. The van der Waals surface area contributed by atoms with Crippen LogP contribution in [-0.4, -0.2) is 53.0 Å². The molecule has 1 aromatic carbocycles. The molecule has 1 aliphatic rings. The van der Waals surface area contributed by atoms with Gasteiger partial charge >= 0.3 is 0 Å². The minimum Gasteiger partial charge on any atom is -0.357 e. The summed E-state index contributed by atoms with van der Waals surface area (Å²) < 4.78 is 0. The van der Waals surface area contributed by atoms with Gasteiger partial charge in [0.2, 0.25) is 0 Å². The van der Waals surface area contributed by atoms with Crippen LogP contribution in [0.5, 0.6) is 0 Å². The Labute approximate surface area is 163 Å². The van der Waals surface area contributed by atoms with Crippen LogP contribution in [0.15, 0.2) is 24.3 Å². The largest absolute Gasteiger partial charge is 0.357 e. The fraction of sp³-hybridized carbons (Fsp3) is 0.350. The van der Waals surface area contributed by atoms with Gasteiger partial charge in [0.05, 0.1) is 5.54 Å². The fourth-order valence-corrected chi connectivity index (χ4v) is 2.37. The van der Waals surface area contributed by atoms with E-state index in [1.165, 1.54) is 38.6 Å². The Kier molecular flexibility index (Phi) is 6.09. The molecule has 28 heavy (non-hydrogen) atoms. The SMILES string of the molecule is CNC(=O)C(C)(C(=O)NO)N(C)C(=O)c1ccc(C#CC#CC2(N)CC2)cc1. The maximum Gasteiger partial charge on any atom is 0.278 e. The number of carbonyl (C=O) groups excluding carboxylic acids is 3. The summed E-state index contributed by atoms with van der Waals surface area (Å²) in [5.74, 6) is 8.85. The van der Waals surface area contributed by atoms with Gasteiger partial charge < -0.3 is 16.0 Å². The van der Waals surface area contributed by atoms with E-state index in [0.717, 1.165) is 17.7 Å². The molecule has 8 nitrogen and oxygen atoms in total. The van der Waals surface area contributed by atoms with Gasteiger partial charge in [-0.25, -0.2) is 5.48 Å². The number of amides is 3. The van der Waals surface area contributed by atoms with E-state index in [1.54, 1.807) is 12.1 Å². The van der Waals surface area contributed by atoms with Gasteiger partial charge in [-0.05, 0) is 55.9 Å². The number of hydrogen-bond donors (Lipinski definition) is 4. The minimum absolute atomic E-state index is 0.249. The number of hydrogen-bond acceptors (Lipinski definition) is 5. The molecular weight excluding hydrogens is 360 g/mol. The number of nitrogens with one attached hydrogen (secondary N) is 2. The van der Waals surface area contributed by atoms with Crippen LogP contribution in [0.1, 0.15) is 35.7 Å². The van der Waals surface area contributed by atoms with Crippen molar-refractivity contribution in [2.45, 2.75) is 30.8 Å². The van der Waals surface area contributed by atoms with Crippen LogP contribution >= 0.6 is 0 Å². The van der Waals surface area contributed by atoms with Crippen molar-refractivity contribution in [1.29, 1.82) is 0 Å². The predicted octanol–water partition coefficient (Wildman–Crippen LogP) is -0.385. The van der Waals surface area contributed by atoms with Crippen molar-refractivity contribution in [3.05, 3.63) is 35.4 Å². The third-order valence-electron chi connectivity index (χ3n) is 4.69. The fourth-order valence-electron chi connectivity index (χ4n) is 2.37. The molecule has 1 atom stereocenters. The summed E-state index contributed by atoms with van der Waals surface area (Å²) in [6.45, 7) is 1.23. The summed E-state index contributed by atoms with van der Waals surface area (Å²) in [7, 11) is 2.63. The molecule has 1 saturated carbocycles. The molecule has 0 aliphatic heterocycles. The molecule has 2 rings (SSSR count). The molecule has 8 heteroatoms. The molecular formula is C20H22N4O4. The maximum absolute atomic E-state index is 12.7. The number of nitrogens with zero attached hydrogens (tertiary/aromatic N) is 1. The van der Waals surface area contributed by atoms with Gasteiger partial charge in [0, 0.05) is 25.2 Å². The monoisotopic (exact) mass is 382 g/mol. The lowest BCUT2D eigenvalue weighted by molar-refractivity contribution is -0.148. The van der Waals surface area contributed by atoms with E-state index >= 15 is 0 Å². The Morgan fingerprint density at radius 1 is 1.18 bits per heavy atom. The van der Waals surface area contributed by atoms with Crippen LogP contribution in [0.3, 0.4) is 0 Å². The van der Waals surface area contributed by atoms with Crippen LogP contribution in [0.2, 0.25) is 0 Å². The average molecular weight is 382 g/mol. The lowest BCUT2D eigenvalue weighted by Gasteiger charge is -2.34. The molecule has 1 unspecified atom stereocenters. The summed E-state index contributed by atoms with van der Waals surface area (Å²) in [5.41, 5.74) is 5.86. The zero-order chi connectivity index (χ0) is 20.9. The van der Waals surface area contributed by atoms with Crippen molar-refractivity contribution >= 4 is 17.7 Å². The Balaban J connectivity index is 2.18. The number of nitrogens with two attached hydrogens (primary N) is 1. The summed E-state index contributed by atoms with van der Waals surface area (Å²) in [5, 5.41) is 11.3. The van der Waals surface area contributed by atoms with Crippen molar-refractivity contribution in [3.8, 4) is 23.7 Å². The van der Waals surface area contributed by atoms with Crippen molar-refractivity contribution in [2.24, 2.45) is 5.73 Å². The number of likely N-dealkylation sites (N-methyl/N-ethyl adjacent to an activating group) is 2. The van der Waals surface area contributed by atoms with Gasteiger partial charge in [-0.2, -0.15) is 0 Å². The molecule has 1 aromatic rings. The Hall–Kier alpha value is -3.33. The van der Waals surface area contributed by atoms with Crippen molar-refractivity contribution < 1.29 is 19.6 Å². The van der Waals surface area contributed by atoms with Crippen molar-refractivity contribution in [3.63, 3.8) is 0 Å². The molecule has 0 bridgehead atoms.